The standard InChI is InChI=1S/C12H16BrN.HI/c1-8-12(2,3)10-7-9(13)5-6-11(10)14(8)4;/h5-8H,1-4H3;1H. The van der Waals surface area contributed by atoms with Gasteiger partial charge in [-0.25, -0.2) is 0 Å². The van der Waals surface area contributed by atoms with E-state index in [1.54, 1.807) is 0 Å². The molecule has 1 nitrogen and oxygen atoms in total. The molecule has 15 heavy (non-hydrogen) atoms. The molecule has 1 aliphatic rings. The Morgan fingerprint density at radius 3 is 2.53 bits per heavy atom. The highest BCUT2D eigenvalue weighted by atomic mass is 127. The molecule has 3 heteroatoms. The Morgan fingerprint density at radius 2 is 1.93 bits per heavy atom. The van der Waals surface area contributed by atoms with E-state index in [0.29, 0.717) is 6.04 Å². The SMILES string of the molecule is CC1N(C)c2ccc(Br)cc2C1(C)C.I. The van der Waals surface area contributed by atoms with E-state index in [0.717, 1.165) is 0 Å². The van der Waals surface area contributed by atoms with Crippen LogP contribution in [0.15, 0.2) is 22.7 Å². The average Bonchev–Trinajstić information content (AvgIpc) is 2.29. The summed E-state index contributed by atoms with van der Waals surface area (Å²) in [6, 6.07) is 7.12. The van der Waals surface area contributed by atoms with Crippen LogP contribution in [-0.4, -0.2) is 13.1 Å². The van der Waals surface area contributed by atoms with Gasteiger partial charge in [-0.15, -0.1) is 24.0 Å². The van der Waals surface area contributed by atoms with E-state index in [1.807, 2.05) is 0 Å². The van der Waals surface area contributed by atoms with Crippen LogP contribution in [0.4, 0.5) is 5.69 Å². The summed E-state index contributed by atoms with van der Waals surface area (Å²) in [5.74, 6) is 0. The van der Waals surface area contributed by atoms with Gasteiger partial charge >= 0.3 is 0 Å². The first kappa shape index (κ1) is 13.3. The largest absolute Gasteiger partial charge is 0.371 e. The molecule has 84 valence electrons. The van der Waals surface area contributed by atoms with Gasteiger partial charge in [0.2, 0.25) is 0 Å². The van der Waals surface area contributed by atoms with Gasteiger partial charge in [0, 0.05) is 28.7 Å². The second kappa shape index (κ2) is 4.24. The van der Waals surface area contributed by atoms with Gasteiger partial charge in [0.05, 0.1) is 0 Å². The second-order valence-electron chi connectivity index (χ2n) is 4.67. The van der Waals surface area contributed by atoms with Crippen molar-refractivity contribution in [1.29, 1.82) is 0 Å². The van der Waals surface area contributed by atoms with Gasteiger partial charge in [-0.3, -0.25) is 0 Å². The highest BCUT2D eigenvalue weighted by Crippen LogP contribution is 2.44. The van der Waals surface area contributed by atoms with Crippen molar-refractivity contribution < 1.29 is 0 Å². The van der Waals surface area contributed by atoms with Gasteiger partial charge in [-0.2, -0.15) is 0 Å². The maximum Gasteiger partial charge on any atom is 0.0405 e. The molecule has 1 aliphatic heterocycles. The maximum atomic E-state index is 3.54. The van der Waals surface area contributed by atoms with E-state index in [1.165, 1.54) is 15.7 Å². The number of anilines is 1. The van der Waals surface area contributed by atoms with Crippen molar-refractivity contribution >= 4 is 45.6 Å². The van der Waals surface area contributed by atoms with E-state index in [-0.39, 0.29) is 29.4 Å². The lowest BCUT2D eigenvalue weighted by Crippen LogP contribution is -2.36. The number of hydrogen-bond acceptors (Lipinski definition) is 1. The Kier molecular flexibility index (Phi) is 3.76. The van der Waals surface area contributed by atoms with E-state index >= 15 is 0 Å². The molecule has 0 radical (unpaired) electrons. The monoisotopic (exact) mass is 381 g/mol. The summed E-state index contributed by atoms with van der Waals surface area (Å²) in [5.41, 5.74) is 3.06. The van der Waals surface area contributed by atoms with Crippen molar-refractivity contribution in [3.8, 4) is 0 Å². The molecule has 0 bridgehead atoms. The lowest BCUT2D eigenvalue weighted by Gasteiger charge is -2.28. The Morgan fingerprint density at radius 1 is 1.33 bits per heavy atom. The molecule has 0 aromatic heterocycles. The highest BCUT2D eigenvalue weighted by Gasteiger charge is 2.39. The van der Waals surface area contributed by atoms with Crippen molar-refractivity contribution in [3.63, 3.8) is 0 Å². The molecular weight excluding hydrogens is 365 g/mol. The number of rotatable bonds is 0. The molecule has 0 saturated carbocycles. The van der Waals surface area contributed by atoms with Crippen molar-refractivity contribution in [1.82, 2.24) is 0 Å². The topological polar surface area (TPSA) is 3.24 Å². The lowest BCUT2D eigenvalue weighted by molar-refractivity contribution is 0.454. The van der Waals surface area contributed by atoms with E-state index in [9.17, 15) is 0 Å². The summed E-state index contributed by atoms with van der Waals surface area (Å²) in [7, 11) is 2.17. The molecule has 1 aromatic rings. The fourth-order valence-corrected chi connectivity index (χ4v) is 2.61. The molecule has 0 amide bonds. The number of halogens is 2. The van der Waals surface area contributed by atoms with Gasteiger partial charge in [0.1, 0.15) is 0 Å². The van der Waals surface area contributed by atoms with E-state index in [2.05, 4.69) is 66.8 Å². The van der Waals surface area contributed by atoms with Crippen LogP contribution in [0.1, 0.15) is 26.3 Å². The minimum absolute atomic E-state index is 0. The fourth-order valence-electron chi connectivity index (χ4n) is 2.25. The normalized spacial score (nSPS) is 22.2. The number of fused-ring (bicyclic) bond motifs is 1. The maximum absolute atomic E-state index is 3.54. The molecular formula is C12H17BrIN. The van der Waals surface area contributed by atoms with Crippen molar-refractivity contribution in [3.05, 3.63) is 28.2 Å². The smallest absolute Gasteiger partial charge is 0.0405 e. The zero-order valence-electron chi connectivity index (χ0n) is 9.54. The predicted octanol–water partition coefficient (Wildman–Crippen LogP) is 4.18. The molecule has 0 aliphatic carbocycles. The predicted molar refractivity (Wildman–Crippen MR) is 80.4 cm³/mol. The van der Waals surface area contributed by atoms with Gasteiger partial charge < -0.3 is 4.90 Å². The van der Waals surface area contributed by atoms with E-state index in [4.69, 9.17) is 0 Å². The molecule has 0 spiro atoms. The lowest BCUT2D eigenvalue weighted by atomic mass is 9.81. The summed E-state index contributed by atoms with van der Waals surface area (Å²) in [6.07, 6.45) is 0. The zero-order chi connectivity index (χ0) is 10.5. The minimum Gasteiger partial charge on any atom is -0.371 e. The Balaban J connectivity index is 0.00000112. The van der Waals surface area contributed by atoms with Crippen LogP contribution in [0.2, 0.25) is 0 Å². The molecule has 1 unspecified atom stereocenters. The molecule has 1 atom stereocenters. The summed E-state index contributed by atoms with van der Waals surface area (Å²) in [4.78, 5) is 2.36. The average molecular weight is 382 g/mol. The summed E-state index contributed by atoms with van der Waals surface area (Å²) >= 11 is 3.54. The van der Waals surface area contributed by atoms with Crippen molar-refractivity contribution in [2.24, 2.45) is 0 Å². The van der Waals surface area contributed by atoms with Crippen molar-refractivity contribution in [2.45, 2.75) is 32.2 Å². The van der Waals surface area contributed by atoms with Crippen LogP contribution < -0.4 is 4.90 Å². The number of hydrogen-bond donors (Lipinski definition) is 0. The van der Waals surface area contributed by atoms with Gasteiger partial charge in [0.25, 0.3) is 0 Å². The third-order valence-electron chi connectivity index (χ3n) is 3.66. The van der Waals surface area contributed by atoms with Crippen LogP contribution in [0.3, 0.4) is 0 Å². The number of benzene rings is 1. The summed E-state index contributed by atoms with van der Waals surface area (Å²) in [5, 5.41) is 0. The first-order valence-corrected chi connectivity index (χ1v) is 5.77. The van der Waals surface area contributed by atoms with Crippen molar-refractivity contribution in [2.75, 3.05) is 11.9 Å². The van der Waals surface area contributed by atoms with E-state index < -0.39 is 0 Å². The second-order valence-corrected chi connectivity index (χ2v) is 5.59. The molecule has 2 rings (SSSR count). The summed E-state index contributed by atoms with van der Waals surface area (Å²) in [6.45, 7) is 6.91. The van der Waals surface area contributed by atoms with Crippen LogP contribution in [0, 0.1) is 0 Å². The Bertz CT molecular complexity index is 376. The first-order valence-electron chi connectivity index (χ1n) is 4.97. The highest BCUT2D eigenvalue weighted by molar-refractivity contribution is 14.0. The minimum atomic E-state index is 0. The third-order valence-corrected chi connectivity index (χ3v) is 4.15. The van der Waals surface area contributed by atoms with Gasteiger partial charge in [-0.05, 0) is 30.7 Å². The molecule has 1 aromatic carbocycles. The van der Waals surface area contributed by atoms with Crippen LogP contribution in [0.25, 0.3) is 0 Å². The Hall–Kier alpha value is 0.230. The molecule has 0 fully saturated rings. The number of likely N-dealkylation sites (N-methyl/N-ethyl adjacent to an activating group) is 1. The quantitative estimate of drug-likeness (QED) is 0.609. The first-order chi connectivity index (χ1) is 6.44. The zero-order valence-corrected chi connectivity index (χ0v) is 13.5. The molecule has 0 N–H and O–H groups in total. The van der Waals surface area contributed by atoms with Gasteiger partial charge in [0.15, 0.2) is 0 Å². The van der Waals surface area contributed by atoms with Crippen LogP contribution in [-0.2, 0) is 5.41 Å². The Labute approximate surface area is 117 Å². The van der Waals surface area contributed by atoms with Crippen LogP contribution >= 0.6 is 39.9 Å². The number of nitrogens with zero attached hydrogens (tertiary/aromatic N) is 1. The van der Waals surface area contributed by atoms with Gasteiger partial charge in [-0.1, -0.05) is 29.8 Å². The van der Waals surface area contributed by atoms with Crippen LogP contribution in [0.5, 0.6) is 0 Å². The summed E-state index contributed by atoms with van der Waals surface area (Å²) < 4.78 is 1.17. The third kappa shape index (κ3) is 1.93. The fraction of sp³-hybridized carbons (Fsp3) is 0.500. The molecule has 0 saturated heterocycles. The molecule has 1 heterocycles.